The summed E-state index contributed by atoms with van der Waals surface area (Å²) in [5, 5.41) is 9.57. The molecular formula is C39H75O8P. The molecule has 0 heterocycles. The van der Waals surface area contributed by atoms with Crippen LogP contribution >= 0.6 is 7.82 Å². The van der Waals surface area contributed by atoms with Crippen LogP contribution in [0.1, 0.15) is 201 Å². The largest absolute Gasteiger partial charge is 0.473 e. The molecule has 0 aliphatic rings. The van der Waals surface area contributed by atoms with Crippen LogP contribution in [0.5, 0.6) is 0 Å². The van der Waals surface area contributed by atoms with Gasteiger partial charge in [-0.1, -0.05) is 154 Å². The summed E-state index contributed by atoms with van der Waals surface area (Å²) in [6.45, 7) is 4.88. The minimum absolute atomic E-state index is 0.215. The molecule has 9 heteroatoms. The molecule has 0 rings (SSSR count). The number of carbonyl (C=O) groups excluding carboxylic acids is 2. The number of carbonyl (C=O) groups is 2. The Morgan fingerprint density at radius 1 is 0.625 bits per heavy atom. The molecule has 48 heavy (non-hydrogen) atoms. The van der Waals surface area contributed by atoms with Crippen molar-refractivity contribution in [1.82, 2.24) is 0 Å². The normalized spacial score (nSPS) is 14.3. The van der Waals surface area contributed by atoms with Crippen LogP contribution in [0.2, 0.25) is 0 Å². The Bertz CT molecular complexity index is 818. The van der Waals surface area contributed by atoms with Crippen molar-refractivity contribution in [3.63, 3.8) is 0 Å². The number of rotatable bonds is 37. The lowest BCUT2D eigenvalue weighted by molar-refractivity contribution is -0.153. The van der Waals surface area contributed by atoms with Gasteiger partial charge in [0.2, 0.25) is 0 Å². The van der Waals surface area contributed by atoms with E-state index in [0.717, 1.165) is 51.4 Å². The van der Waals surface area contributed by atoms with Crippen LogP contribution in [0.4, 0.5) is 0 Å². The summed E-state index contributed by atoms with van der Waals surface area (Å²) in [4.78, 5) is 34.7. The first-order valence-corrected chi connectivity index (χ1v) is 21.4. The second-order valence-corrected chi connectivity index (χ2v) is 15.0. The standard InChI is InChI=1S/C39H75O8P/c1-4-6-8-10-12-14-16-18-19-21-23-25-27-29-31-33-39(42)46-37(34-40)35-45-48(43,44)47-36(3)38(41)32-30-28-26-24-22-20-17-15-13-11-9-7-5-2/h18-19,36-37,40H,4-17,20-35H2,1-3H3,(H,43,44)/b19-18-/t36?,37-/m1/s1. The van der Waals surface area contributed by atoms with Crippen molar-refractivity contribution in [3.05, 3.63) is 12.2 Å². The van der Waals surface area contributed by atoms with Crippen LogP contribution in [-0.2, 0) is 27.9 Å². The zero-order valence-corrected chi connectivity index (χ0v) is 32.2. The van der Waals surface area contributed by atoms with E-state index in [1.807, 2.05) is 0 Å². The van der Waals surface area contributed by atoms with E-state index >= 15 is 0 Å². The Morgan fingerprint density at radius 2 is 1.02 bits per heavy atom. The number of aliphatic hydroxyl groups excluding tert-OH is 1. The lowest BCUT2D eigenvalue weighted by Crippen LogP contribution is -2.27. The number of ether oxygens (including phenoxy) is 1. The average Bonchev–Trinajstić information content (AvgIpc) is 3.06. The van der Waals surface area contributed by atoms with Crippen molar-refractivity contribution >= 4 is 19.6 Å². The van der Waals surface area contributed by atoms with Gasteiger partial charge >= 0.3 is 13.8 Å². The molecule has 2 N–H and O–H groups in total. The number of aliphatic hydroxyl groups is 1. The van der Waals surface area contributed by atoms with Crippen LogP contribution < -0.4 is 0 Å². The number of ketones is 1. The van der Waals surface area contributed by atoms with Crippen molar-refractivity contribution in [1.29, 1.82) is 0 Å². The topological polar surface area (TPSA) is 119 Å². The van der Waals surface area contributed by atoms with Gasteiger partial charge in [0, 0.05) is 12.8 Å². The maximum atomic E-state index is 12.4. The first-order valence-electron chi connectivity index (χ1n) is 19.9. The van der Waals surface area contributed by atoms with Crippen molar-refractivity contribution in [2.24, 2.45) is 0 Å². The number of hydrogen-bond acceptors (Lipinski definition) is 7. The predicted octanol–water partition coefficient (Wildman–Crippen LogP) is 11.5. The average molecular weight is 703 g/mol. The summed E-state index contributed by atoms with van der Waals surface area (Å²) in [5.41, 5.74) is 0. The van der Waals surface area contributed by atoms with Gasteiger partial charge in [0.05, 0.1) is 13.2 Å². The van der Waals surface area contributed by atoms with Gasteiger partial charge in [-0.15, -0.1) is 0 Å². The van der Waals surface area contributed by atoms with E-state index < -0.39 is 39.2 Å². The van der Waals surface area contributed by atoms with Gasteiger partial charge in [-0.3, -0.25) is 18.6 Å². The monoisotopic (exact) mass is 703 g/mol. The van der Waals surface area contributed by atoms with Gasteiger partial charge in [0.15, 0.2) is 5.78 Å². The van der Waals surface area contributed by atoms with Crippen LogP contribution in [-0.4, -0.2) is 47.2 Å². The Balaban J connectivity index is 3.89. The second-order valence-electron chi connectivity index (χ2n) is 13.6. The summed E-state index contributed by atoms with van der Waals surface area (Å²) in [7, 11) is -4.57. The van der Waals surface area contributed by atoms with Gasteiger partial charge < -0.3 is 14.7 Å². The van der Waals surface area contributed by atoms with Crippen molar-refractivity contribution in [3.8, 4) is 0 Å². The highest BCUT2D eigenvalue weighted by Crippen LogP contribution is 2.45. The highest BCUT2D eigenvalue weighted by molar-refractivity contribution is 7.47. The predicted molar refractivity (Wildman–Crippen MR) is 198 cm³/mol. The van der Waals surface area contributed by atoms with Crippen molar-refractivity contribution < 1.29 is 37.9 Å². The first-order chi connectivity index (χ1) is 23.3. The third-order valence-electron chi connectivity index (χ3n) is 8.84. The third kappa shape index (κ3) is 32.2. The van der Waals surface area contributed by atoms with E-state index in [-0.39, 0.29) is 18.6 Å². The molecular weight excluding hydrogens is 627 g/mol. The lowest BCUT2D eigenvalue weighted by Gasteiger charge is -2.20. The van der Waals surface area contributed by atoms with Crippen molar-refractivity contribution in [2.75, 3.05) is 13.2 Å². The molecule has 284 valence electrons. The molecule has 0 bridgehead atoms. The number of phosphoric acid groups is 1. The maximum Gasteiger partial charge on any atom is 0.473 e. The van der Waals surface area contributed by atoms with E-state index in [0.29, 0.717) is 6.42 Å². The fourth-order valence-electron chi connectivity index (χ4n) is 5.70. The van der Waals surface area contributed by atoms with E-state index in [4.69, 9.17) is 13.8 Å². The molecule has 2 unspecified atom stereocenters. The fourth-order valence-corrected chi connectivity index (χ4v) is 6.63. The van der Waals surface area contributed by atoms with Gasteiger partial charge in [-0.05, 0) is 45.4 Å². The van der Waals surface area contributed by atoms with Crippen LogP contribution in [0.15, 0.2) is 12.2 Å². The molecule has 0 aromatic carbocycles. The molecule has 0 fully saturated rings. The Morgan fingerprint density at radius 3 is 1.46 bits per heavy atom. The zero-order chi connectivity index (χ0) is 35.6. The SMILES string of the molecule is CCCCCCCC/C=C\CCCCCCCC(=O)O[C@H](CO)COP(=O)(O)OC(C)C(=O)CCCCCCCCCCCCCCC. The van der Waals surface area contributed by atoms with Crippen LogP contribution in [0, 0.1) is 0 Å². The number of hydrogen-bond donors (Lipinski definition) is 2. The minimum atomic E-state index is -4.57. The first kappa shape index (κ1) is 47.0. The summed E-state index contributed by atoms with van der Waals surface area (Å²) >= 11 is 0. The van der Waals surface area contributed by atoms with E-state index in [1.54, 1.807) is 0 Å². The highest BCUT2D eigenvalue weighted by Gasteiger charge is 2.29. The number of esters is 1. The zero-order valence-electron chi connectivity index (χ0n) is 31.3. The fraction of sp³-hybridized carbons (Fsp3) is 0.897. The molecule has 0 spiro atoms. The van der Waals surface area contributed by atoms with Crippen LogP contribution in [0.25, 0.3) is 0 Å². The Hall–Kier alpha value is -1.05. The molecule has 8 nitrogen and oxygen atoms in total. The summed E-state index contributed by atoms with van der Waals surface area (Å²) < 4.78 is 27.6. The molecule has 0 aromatic heterocycles. The maximum absolute atomic E-state index is 12.4. The molecule has 0 aromatic rings. The molecule has 0 amide bonds. The quantitative estimate of drug-likeness (QED) is 0.0284. The molecule has 3 atom stereocenters. The van der Waals surface area contributed by atoms with Crippen LogP contribution in [0.3, 0.4) is 0 Å². The van der Waals surface area contributed by atoms with E-state index in [1.165, 1.54) is 116 Å². The Labute approximate surface area is 295 Å². The molecule has 0 aliphatic heterocycles. The van der Waals surface area contributed by atoms with Crippen molar-refractivity contribution in [2.45, 2.75) is 213 Å². The number of unbranched alkanes of at least 4 members (excludes halogenated alkanes) is 23. The smallest absolute Gasteiger partial charge is 0.457 e. The Kier molecular flexibility index (Phi) is 33.6. The van der Waals surface area contributed by atoms with Gasteiger partial charge in [0.25, 0.3) is 0 Å². The number of Topliss-reactive ketones (excluding diaryl/α,β-unsaturated/α-hetero) is 1. The highest BCUT2D eigenvalue weighted by atomic mass is 31.2. The number of allylic oxidation sites excluding steroid dienone is 2. The summed E-state index contributed by atoms with van der Waals surface area (Å²) in [6.07, 6.45) is 33.9. The van der Waals surface area contributed by atoms with E-state index in [2.05, 4.69) is 26.0 Å². The van der Waals surface area contributed by atoms with Gasteiger partial charge in [-0.2, -0.15) is 0 Å². The molecule has 0 saturated heterocycles. The number of phosphoric ester groups is 1. The van der Waals surface area contributed by atoms with E-state index in [9.17, 15) is 24.2 Å². The minimum Gasteiger partial charge on any atom is -0.457 e. The third-order valence-corrected chi connectivity index (χ3v) is 9.90. The van der Waals surface area contributed by atoms with Gasteiger partial charge in [0.1, 0.15) is 12.2 Å². The second kappa shape index (κ2) is 34.4. The molecule has 0 aliphatic carbocycles. The summed E-state index contributed by atoms with van der Waals surface area (Å²) in [6, 6.07) is 0. The van der Waals surface area contributed by atoms with Gasteiger partial charge in [-0.25, -0.2) is 4.57 Å². The summed E-state index contributed by atoms with van der Waals surface area (Å²) in [5.74, 6) is -0.730. The lowest BCUT2D eigenvalue weighted by atomic mass is 10.0. The molecule has 0 radical (unpaired) electrons. The molecule has 0 saturated carbocycles.